The number of rotatable bonds is 7. The van der Waals surface area contributed by atoms with Gasteiger partial charge < -0.3 is 15.0 Å². The summed E-state index contributed by atoms with van der Waals surface area (Å²) >= 11 is 0. The van der Waals surface area contributed by atoms with Crippen LogP contribution in [0, 0.1) is 34.5 Å². The van der Waals surface area contributed by atoms with Crippen molar-refractivity contribution in [2.45, 2.75) is 38.3 Å². The Morgan fingerprint density at radius 2 is 2.00 bits per heavy atom. The predicted octanol–water partition coefficient (Wildman–Crippen LogP) is 4.70. The highest BCUT2D eigenvalue weighted by atomic mass is 19.4. The minimum absolute atomic E-state index is 0.266. The number of alkyl halides is 3. The summed E-state index contributed by atoms with van der Waals surface area (Å²) in [5, 5.41) is 12.9. The topological polar surface area (TPSA) is 81.2 Å². The van der Waals surface area contributed by atoms with Gasteiger partial charge in [-0.25, -0.2) is 0 Å². The first-order chi connectivity index (χ1) is 15.7. The number of likely N-dealkylation sites (tertiary alicyclic amines) is 1. The second-order valence-electron chi connectivity index (χ2n) is 9.86. The monoisotopic (exact) mass is 460 g/mol. The number of hydrogen-bond acceptors (Lipinski definition) is 4. The molecule has 1 saturated heterocycles. The van der Waals surface area contributed by atoms with Gasteiger partial charge in [-0.3, -0.25) is 9.69 Å². The molecule has 5 rings (SSSR count). The van der Waals surface area contributed by atoms with Gasteiger partial charge in [0.25, 0.3) is 0 Å². The molecule has 3 atom stereocenters. The predicted molar refractivity (Wildman–Crippen MR) is 117 cm³/mol. The molecule has 1 aliphatic heterocycles. The Morgan fingerprint density at radius 3 is 2.64 bits per heavy atom. The van der Waals surface area contributed by atoms with E-state index in [2.05, 4.69) is 16.4 Å². The second kappa shape index (κ2) is 8.24. The molecule has 176 valence electrons. The molecule has 2 saturated carbocycles. The van der Waals surface area contributed by atoms with E-state index in [1.165, 1.54) is 0 Å². The third-order valence-corrected chi connectivity index (χ3v) is 7.42. The van der Waals surface area contributed by atoms with Crippen molar-refractivity contribution in [1.29, 1.82) is 5.26 Å². The molecule has 1 aromatic heterocycles. The van der Waals surface area contributed by atoms with Gasteiger partial charge in [-0.2, -0.15) is 18.4 Å². The molecule has 6 nitrogen and oxygen atoms in total. The van der Waals surface area contributed by atoms with Gasteiger partial charge in [-0.1, -0.05) is 0 Å². The normalized spacial score (nSPS) is 26.2. The molecule has 0 radical (unpaired) electrons. The number of anilines is 1. The van der Waals surface area contributed by atoms with Crippen LogP contribution in [0.1, 0.15) is 32.1 Å². The molecule has 9 heteroatoms. The lowest BCUT2D eigenvalue weighted by molar-refractivity contribution is -0.144. The standard InChI is InChI=1S/C24H27F3N4O2/c25-24(26,27)14-31-11-16-7-15(8-17(16)12-31)3-6-33-18-1-2-20-19(9-18)21(10-29-20)30-22(32)23(13-28)4-5-23/h1-2,9-10,15-17,29H,3-8,11-12,14H2,(H,30,32)/t15-,16-,17+. The van der Waals surface area contributed by atoms with Gasteiger partial charge >= 0.3 is 6.18 Å². The molecule has 0 spiro atoms. The number of carbonyl (C=O) groups excluding carboxylic acids is 1. The molecule has 2 aliphatic carbocycles. The van der Waals surface area contributed by atoms with Crippen molar-refractivity contribution < 1.29 is 22.7 Å². The zero-order chi connectivity index (χ0) is 23.2. The molecule has 2 N–H and O–H groups in total. The summed E-state index contributed by atoms with van der Waals surface area (Å²) in [4.78, 5) is 17.1. The van der Waals surface area contributed by atoms with E-state index in [9.17, 15) is 23.2 Å². The zero-order valence-electron chi connectivity index (χ0n) is 18.3. The molecule has 1 aromatic carbocycles. The van der Waals surface area contributed by atoms with Crippen molar-refractivity contribution in [3.8, 4) is 11.8 Å². The van der Waals surface area contributed by atoms with E-state index in [1.807, 2.05) is 18.2 Å². The summed E-state index contributed by atoms with van der Waals surface area (Å²) in [5.74, 6) is 1.65. The number of nitrogens with zero attached hydrogens (tertiary/aromatic N) is 2. The van der Waals surface area contributed by atoms with Crippen molar-refractivity contribution >= 4 is 22.5 Å². The lowest BCUT2D eigenvalue weighted by Gasteiger charge is -2.20. The van der Waals surface area contributed by atoms with Gasteiger partial charge in [0, 0.05) is 30.2 Å². The number of nitriles is 1. The minimum Gasteiger partial charge on any atom is -0.494 e. The Morgan fingerprint density at radius 1 is 1.27 bits per heavy atom. The summed E-state index contributed by atoms with van der Waals surface area (Å²) in [6.45, 7) is 0.849. The number of carbonyl (C=O) groups is 1. The third-order valence-electron chi connectivity index (χ3n) is 7.42. The zero-order valence-corrected chi connectivity index (χ0v) is 18.3. The highest BCUT2D eigenvalue weighted by molar-refractivity contribution is 6.05. The average molecular weight is 461 g/mol. The Hall–Kier alpha value is -2.73. The quantitative estimate of drug-likeness (QED) is 0.628. The van der Waals surface area contributed by atoms with E-state index >= 15 is 0 Å². The molecule has 33 heavy (non-hydrogen) atoms. The smallest absolute Gasteiger partial charge is 0.401 e. The first kappa shape index (κ1) is 22.1. The Labute approximate surface area is 190 Å². The molecule has 0 bridgehead atoms. The van der Waals surface area contributed by atoms with Crippen LogP contribution >= 0.6 is 0 Å². The number of hydrogen-bond donors (Lipinski definition) is 2. The summed E-state index contributed by atoms with van der Waals surface area (Å²) in [6.07, 6.45) is 1.60. The number of halogens is 3. The van der Waals surface area contributed by atoms with Gasteiger partial charge in [0.2, 0.25) is 5.91 Å². The number of H-pyrrole nitrogens is 1. The van der Waals surface area contributed by atoms with E-state index in [0.717, 1.165) is 30.2 Å². The van der Waals surface area contributed by atoms with Crippen molar-refractivity contribution in [3.63, 3.8) is 0 Å². The lowest BCUT2D eigenvalue weighted by atomic mass is 10.0. The Kier molecular flexibility index (Phi) is 5.52. The van der Waals surface area contributed by atoms with E-state index in [1.54, 1.807) is 11.1 Å². The summed E-state index contributed by atoms with van der Waals surface area (Å²) < 4.78 is 43.9. The maximum absolute atomic E-state index is 12.6. The number of nitrogens with one attached hydrogen (secondary N) is 2. The number of fused-ring (bicyclic) bond motifs is 2. The molecule has 1 amide bonds. The molecular weight excluding hydrogens is 433 g/mol. The molecule has 3 fully saturated rings. The van der Waals surface area contributed by atoms with Gasteiger partial charge in [-0.15, -0.1) is 0 Å². The summed E-state index contributed by atoms with van der Waals surface area (Å²) in [6, 6.07) is 7.76. The lowest BCUT2D eigenvalue weighted by Crippen LogP contribution is -2.33. The second-order valence-corrected chi connectivity index (χ2v) is 9.86. The fourth-order valence-corrected chi connectivity index (χ4v) is 5.53. The largest absolute Gasteiger partial charge is 0.494 e. The van der Waals surface area contributed by atoms with Gasteiger partial charge in [0.1, 0.15) is 11.2 Å². The SMILES string of the molecule is N#CC1(C(=O)Nc2c[nH]c3ccc(OCC[C@@H]4C[C@@H]5CN(CC(F)(F)F)C[C@@H]5C4)cc23)CC1. The van der Waals surface area contributed by atoms with E-state index in [-0.39, 0.29) is 5.91 Å². The van der Waals surface area contributed by atoms with Gasteiger partial charge in [-0.05, 0) is 68.1 Å². The Balaban J connectivity index is 1.12. The third kappa shape index (κ3) is 4.67. The molecule has 0 unspecified atom stereocenters. The van der Waals surface area contributed by atoms with Crippen LogP contribution in [0.5, 0.6) is 5.75 Å². The van der Waals surface area contributed by atoms with Crippen molar-refractivity contribution in [2.75, 3.05) is 31.6 Å². The van der Waals surface area contributed by atoms with E-state index in [0.29, 0.717) is 61.7 Å². The fraction of sp³-hybridized carbons (Fsp3) is 0.583. The number of amides is 1. The minimum atomic E-state index is -4.12. The van der Waals surface area contributed by atoms with Crippen LogP contribution in [0.25, 0.3) is 10.9 Å². The van der Waals surface area contributed by atoms with Crippen LogP contribution in [0.3, 0.4) is 0 Å². The van der Waals surface area contributed by atoms with E-state index < -0.39 is 18.1 Å². The fourth-order valence-electron chi connectivity index (χ4n) is 5.53. The van der Waals surface area contributed by atoms with Crippen LogP contribution in [-0.2, 0) is 4.79 Å². The van der Waals surface area contributed by atoms with Crippen LogP contribution in [0.15, 0.2) is 24.4 Å². The number of ether oxygens (including phenoxy) is 1. The van der Waals surface area contributed by atoms with Crippen molar-refractivity contribution in [1.82, 2.24) is 9.88 Å². The number of benzene rings is 1. The molecule has 2 aromatic rings. The first-order valence-corrected chi connectivity index (χ1v) is 11.5. The molecular formula is C24H27F3N4O2. The Bertz CT molecular complexity index is 1070. The van der Waals surface area contributed by atoms with Crippen molar-refractivity contribution in [3.05, 3.63) is 24.4 Å². The van der Waals surface area contributed by atoms with Gasteiger partial charge in [0.15, 0.2) is 0 Å². The molecule has 2 heterocycles. The van der Waals surface area contributed by atoms with Crippen LogP contribution in [0.4, 0.5) is 18.9 Å². The van der Waals surface area contributed by atoms with E-state index in [4.69, 9.17) is 4.74 Å². The maximum Gasteiger partial charge on any atom is 0.401 e. The summed E-state index contributed by atoms with van der Waals surface area (Å²) in [5.41, 5.74) is 0.613. The summed E-state index contributed by atoms with van der Waals surface area (Å²) in [7, 11) is 0. The highest BCUT2D eigenvalue weighted by Gasteiger charge is 2.50. The highest BCUT2D eigenvalue weighted by Crippen LogP contribution is 2.46. The van der Waals surface area contributed by atoms with Crippen molar-refractivity contribution in [2.24, 2.45) is 23.2 Å². The number of aromatic nitrogens is 1. The number of aromatic amines is 1. The van der Waals surface area contributed by atoms with Crippen LogP contribution < -0.4 is 10.1 Å². The maximum atomic E-state index is 12.6. The van der Waals surface area contributed by atoms with Crippen LogP contribution in [0.2, 0.25) is 0 Å². The first-order valence-electron chi connectivity index (χ1n) is 11.5. The average Bonchev–Trinajstić information content (AvgIpc) is 3.16. The van der Waals surface area contributed by atoms with Crippen LogP contribution in [-0.4, -0.2) is 48.2 Å². The molecule has 3 aliphatic rings. The van der Waals surface area contributed by atoms with Gasteiger partial charge in [0.05, 0.1) is 24.9 Å².